The molecule has 0 aromatic heterocycles. The highest BCUT2D eigenvalue weighted by molar-refractivity contribution is 9.10. The molecule has 1 amide bonds. The molecular weight excluding hydrogens is 461 g/mol. The van der Waals surface area contributed by atoms with Crippen LogP contribution in [-0.2, 0) is 16.6 Å². The molecule has 1 N–H and O–H groups in total. The third-order valence-electron chi connectivity index (χ3n) is 4.86. The van der Waals surface area contributed by atoms with Gasteiger partial charge < -0.3 is 5.32 Å². The van der Waals surface area contributed by atoms with Crippen molar-refractivity contribution in [3.8, 4) is 0 Å². The summed E-state index contributed by atoms with van der Waals surface area (Å²) in [6.07, 6.45) is 0. The number of sulfonamides is 1. The van der Waals surface area contributed by atoms with Crippen LogP contribution >= 0.6 is 15.9 Å². The monoisotopic (exact) mass is 483 g/mol. The lowest BCUT2D eigenvalue weighted by Gasteiger charge is -2.33. The Morgan fingerprint density at radius 3 is 2.52 bits per heavy atom. The Hall–Kier alpha value is -1.81. The van der Waals surface area contributed by atoms with Crippen molar-refractivity contribution < 1.29 is 17.6 Å². The summed E-state index contributed by atoms with van der Waals surface area (Å²) in [5, 5.41) is 2.59. The molecule has 0 saturated carbocycles. The molecule has 6 nitrogen and oxygen atoms in total. The van der Waals surface area contributed by atoms with Crippen LogP contribution in [-0.4, -0.2) is 55.5 Å². The van der Waals surface area contributed by atoms with Gasteiger partial charge in [-0.2, -0.15) is 4.31 Å². The maximum atomic E-state index is 14.0. The van der Waals surface area contributed by atoms with E-state index in [0.717, 1.165) is 5.56 Å². The highest BCUT2D eigenvalue weighted by Crippen LogP contribution is 2.20. The van der Waals surface area contributed by atoms with Crippen LogP contribution in [0.5, 0.6) is 0 Å². The van der Waals surface area contributed by atoms with Gasteiger partial charge in [-0.15, -0.1) is 0 Å². The highest BCUT2D eigenvalue weighted by Gasteiger charge is 2.25. The van der Waals surface area contributed by atoms with Crippen LogP contribution in [0.2, 0.25) is 0 Å². The van der Waals surface area contributed by atoms with Crippen molar-refractivity contribution in [3.63, 3.8) is 0 Å². The van der Waals surface area contributed by atoms with Crippen LogP contribution in [0.15, 0.2) is 46.9 Å². The second-order valence-corrected chi connectivity index (χ2v) is 10.0. The third kappa shape index (κ3) is 5.63. The minimum absolute atomic E-state index is 0.114. The van der Waals surface area contributed by atoms with Crippen molar-refractivity contribution in [3.05, 3.63) is 63.9 Å². The largest absolute Gasteiger partial charge is 0.319 e. The van der Waals surface area contributed by atoms with Gasteiger partial charge in [0, 0.05) is 42.8 Å². The van der Waals surface area contributed by atoms with Gasteiger partial charge in [0.15, 0.2) is 0 Å². The zero-order valence-electron chi connectivity index (χ0n) is 16.1. The molecule has 1 fully saturated rings. The van der Waals surface area contributed by atoms with Gasteiger partial charge >= 0.3 is 0 Å². The molecular formula is C20H23BrFN3O3S. The lowest BCUT2D eigenvalue weighted by Crippen LogP contribution is -2.48. The van der Waals surface area contributed by atoms with E-state index in [1.54, 1.807) is 31.2 Å². The van der Waals surface area contributed by atoms with E-state index in [1.807, 2.05) is 6.07 Å². The molecule has 2 aromatic carbocycles. The van der Waals surface area contributed by atoms with E-state index in [9.17, 15) is 17.6 Å². The molecule has 0 spiro atoms. The van der Waals surface area contributed by atoms with E-state index < -0.39 is 15.8 Å². The number of piperazine rings is 1. The number of nitrogens with zero attached hydrogens (tertiary/aromatic N) is 2. The number of carbonyl (C=O) groups excluding carboxylic acids is 1. The van der Waals surface area contributed by atoms with Crippen LogP contribution in [0.25, 0.3) is 0 Å². The van der Waals surface area contributed by atoms with Gasteiger partial charge in [-0.1, -0.05) is 28.1 Å². The topological polar surface area (TPSA) is 69.7 Å². The number of hydrogen-bond acceptors (Lipinski definition) is 4. The van der Waals surface area contributed by atoms with Gasteiger partial charge in [-0.05, 0) is 42.8 Å². The molecule has 0 radical (unpaired) electrons. The minimum Gasteiger partial charge on any atom is -0.319 e. The number of benzene rings is 2. The SMILES string of the molecule is CCS(=O)(=O)N1CCN(Cc2cccc(C(=O)Nc3ccc(Br)cc3F)c2)CC1. The molecule has 1 aliphatic heterocycles. The molecule has 1 heterocycles. The maximum Gasteiger partial charge on any atom is 0.255 e. The van der Waals surface area contributed by atoms with Gasteiger partial charge in [0.05, 0.1) is 11.4 Å². The molecule has 0 aliphatic carbocycles. The number of amides is 1. The second-order valence-electron chi connectivity index (χ2n) is 6.85. The summed E-state index contributed by atoms with van der Waals surface area (Å²) in [5.74, 6) is -0.779. The molecule has 0 bridgehead atoms. The summed E-state index contributed by atoms with van der Waals surface area (Å²) in [4.78, 5) is 14.7. The summed E-state index contributed by atoms with van der Waals surface area (Å²) in [6, 6.07) is 11.6. The number of anilines is 1. The van der Waals surface area contributed by atoms with E-state index >= 15 is 0 Å². The van der Waals surface area contributed by atoms with Gasteiger partial charge in [-0.3, -0.25) is 9.69 Å². The number of hydrogen-bond donors (Lipinski definition) is 1. The number of nitrogens with one attached hydrogen (secondary N) is 1. The summed E-state index contributed by atoms with van der Waals surface area (Å²) in [6.45, 7) is 4.49. The number of halogens is 2. The minimum atomic E-state index is -3.15. The van der Waals surface area contributed by atoms with Crippen LogP contribution < -0.4 is 5.32 Å². The van der Waals surface area contributed by atoms with E-state index in [1.165, 1.54) is 16.4 Å². The molecule has 3 rings (SSSR count). The summed E-state index contributed by atoms with van der Waals surface area (Å²) < 4.78 is 40.0. The molecule has 9 heteroatoms. The Balaban J connectivity index is 1.62. The molecule has 0 unspecified atom stereocenters. The normalized spacial score (nSPS) is 16.0. The molecule has 1 aliphatic rings. The fraction of sp³-hybridized carbons (Fsp3) is 0.350. The van der Waals surface area contributed by atoms with Crippen molar-refractivity contribution in [2.75, 3.05) is 37.2 Å². The van der Waals surface area contributed by atoms with Gasteiger partial charge in [0.2, 0.25) is 10.0 Å². The van der Waals surface area contributed by atoms with Crippen LogP contribution in [0, 0.1) is 5.82 Å². The first-order chi connectivity index (χ1) is 13.8. The van der Waals surface area contributed by atoms with Crippen LogP contribution in [0.4, 0.5) is 10.1 Å². The van der Waals surface area contributed by atoms with Crippen molar-refractivity contribution in [2.24, 2.45) is 0 Å². The van der Waals surface area contributed by atoms with Crippen LogP contribution in [0.1, 0.15) is 22.8 Å². The lowest BCUT2D eigenvalue weighted by molar-refractivity contribution is 0.102. The van der Waals surface area contributed by atoms with Crippen LogP contribution in [0.3, 0.4) is 0 Å². The third-order valence-corrected chi connectivity index (χ3v) is 7.24. The quantitative estimate of drug-likeness (QED) is 0.684. The van der Waals surface area contributed by atoms with E-state index in [0.29, 0.717) is 42.8 Å². The Morgan fingerprint density at radius 2 is 1.86 bits per heavy atom. The average molecular weight is 484 g/mol. The van der Waals surface area contributed by atoms with Crippen molar-refractivity contribution in [2.45, 2.75) is 13.5 Å². The molecule has 156 valence electrons. The van der Waals surface area contributed by atoms with Crippen molar-refractivity contribution in [1.29, 1.82) is 0 Å². The fourth-order valence-corrected chi connectivity index (χ4v) is 4.62. The molecule has 2 aromatic rings. The van der Waals surface area contributed by atoms with Gasteiger partial charge in [0.1, 0.15) is 5.82 Å². The number of carbonyl (C=O) groups is 1. The Bertz CT molecular complexity index is 992. The first-order valence-electron chi connectivity index (χ1n) is 9.34. The predicted octanol–water partition coefficient (Wildman–Crippen LogP) is 3.31. The summed E-state index contributed by atoms with van der Waals surface area (Å²) in [5.41, 5.74) is 1.51. The van der Waals surface area contributed by atoms with Crippen molar-refractivity contribution in [1.82, 2.24) is 9.21 Å². The Kier molecular flexibility index (Phi) is 7.05. The standard InChI is InChI=1S/C20H23BrFN3O3S/c1-2-29(27,28)25-10-8-24(9-11-25)14-15-4-3-5-16(12-15)20(26)23-19-7-6-17(21)13-18(19)22/h3-7,12-13H,2,8-11,14H2,1H3,(H,23,26). The second kappa shape index (κ2) is 9.34. The van der Waals surface area contributed by atoms with Crippen molar-refractivity contribution >= 4 is 37.5 Å². The summed E-state index contributed by atoms with van der Waals surface area (Å²) >= 11 is 3.19. The predicted molar refractivity (Wildman–Crippen MR) is 115 cm³/mol. The molecule has 1 saturated heterocycles. The first-order valence-corrected chi connectivity index (χ1v) is 11.7. The van der Waals surface area contributed by atoms with E-state index in [2.05, 4.69) is 26.1 Å². The smallest absolute Gasteiger partial charge is 0.255 e. The highest BCUT2D eigenvalue weighted by atomic mass is 79.9. The number of rotatable bonds is 6. The lowest BCUT2D eigenvalue weighted by atomic mass is 10.1. The summed E-state index contributed by atoms with van der Waals surface area (Å²) in [7, 11) is -3.15. The zero-order valence-corrected chi connectivity index (χ0v) is 18.5. The molecule has 0 atom stereocenters. The first kappa shape index (κ1) is 21.9. The fourth-order valence-electron chi connectivity index (χ4n) is 3.20. The maximum absolute atomic E-state index is 14.0. The van der Waals surface area contributed by atoms with Gasteiger partial charge in [-0.25, -0.2) is 12.8 Å². The Morgan fingerprint density at radius 1 is 1.14 bits per heavy atom. The molecule has 29 heavy (non-hydrogen) atoms. The van der Waals surface area contributed by atoms with E-state index in [4.69, 9.17) is 0 Å². The Labute approximate surface area is 178 Å². The average Bonchev–Trinajstić information content (AvgIpc) is 2.70. The zero-order chi connectivity index (χ0) is 21.0. The van der Waals surface area contributed by atoms with Gasteiger partial charge in [0.25, 0.3) is 5.91 Å². The van der Waals surface area contributed by atoms with E-state index in [-0.39, 0.29) is 17.3 Å².